The molecular weight excluding hydrogens is 364 g/mol. The third-order valence-corrected chi connectivity index (χ3v) is 4.25. The number of esters is 1. The van der Waals surface area contributed by atoms with E-state index in [0.29, 0.717) is 35.1 Å². The Morgan fingerprint density at radius 3 is 2.79 bits per heavy atom. The molecule has 0 saturated carbocycles. The van der Waals surface area contributed by atoms with Gasteiger partial charge in [-0.25, -0.2) is 9.79 Å². The molecule has 1 aliphatic rings. The molecule has 1 aliphatic heterocycles. The second kappa shape index (κ2) is 8.57. The summed E-state index contributed by atoms with van der Waals surface area (Å²) in [6.45, 7) is 0.0836. The van der Waals surface area contributed by atoms with Crippen LogP contribution < -0.4 is 5.32 Å². The number of aliphatic hydroxyl groups excluding tert-OH is 1. The highest BCUT2D eigenvalue weighted by molar-refractivity contribution is 5.98. The van der Waals surface area contributed by atoms with E-state index in [1.807, 2.05) is 0 Å². The summed E-state index contributed by atoms with van der Waals surface area (Å²) in [5.41, 5.74) is 2.71. The van der Waals surface area contributed by atoms with Gasteiger partial charge in [0.15, 0.2) is 6.04 Å². The fourth-order valence-corrected chi connectivity index (χ4v) is 3.01. The molecule has 0 aromatic carbocycles. The first kappa shape index (κ1) is 19.4. The van der Waals surface area contributed by atoms with Crippen LogP contribution in [-0.2, 0) is 38.6 Å². The Hall–Kier alpha value is -3.33. The molecule has 2 aromatic rings. The number of hydrogen-bond acceptors (Lipinski definition) is 8. The fourth-order valence-electron chi connectivity index (χ4n) is 3.01. The van der Waals surface area contributed by atoms with Crippen molar-refractivity contribution in [1.82, 2.24) is 15.3 Å². The summed E-state index contributed by atoms with van der Waals surface area (Å²) in [5, 5.41) is 12.3. The summed E-state index contributed by atoms with van der Waals surface area (Å²) in [5.74, 6) is -0.630. The maximum absolute atomic E-state index is 12.5. The number of ether oxygens (including phenoxy) is 2. The molecule has 0 saturated heterocycles. The van der Waals surface area contributed by atoms with Crippen LogP contribution >= 0.6 is 0 Å². The largest absolute Gasteiger partial charge is 0.481 e. The summed E-state index contributed by atoms with van der Waals surface area (Å²) in [6, 6.07) is 5.78. The van der Waals surface area contributed by atoms with Gasteiger partial charge in [-0.15, -0.1) is 0 Å². The number of nitrogens with one attached hydrogen (secondary N) is 1. The first-order valence-electron chi connectivity index (χ1n) is 8.56. The second-order valence-electron chi connectivity index (χ2n) is 6.03. The molecule has 28 heavy (non-hydrogen) atoms. The Morgan fingerprint density at radius 2 is 2.14 bits per heavy atom. The molecule has 9 nitrogen and oxygen atoms in total. The number of rotatable bonds is 6. The predicted molar refractivity (Wildman–Crippen MR) is 98.3 cm³/mol. The molecular formula is C19H20N4O5. The number of fused-ring (bicyclic) bond motifs is 1. The number of aliphatic imine (C=N–C) groups is 1. The minimum atomic E-state index is -1.02. The first-order valence-corrected chi connectivity index (χ1v) is 8.56. The van der Waals surface area contributed by atoms with E-state index in [4.69, 9.17) is 9.47 Å². The SMILES string of the molecule is COC(=O)[C@H](NC(=O)Cc1cc2c(c(CO)n1)C(OC)=NC2)c1ccccn1. The smallest absolute Gasteiger partial charge is 0.334 e. The summed E-state index contributed by atoms with van der Waals surface area (Å²) >= 11 is 0. The standard InChI is InChI=1S/C19H20N4O5/c1-27-18-16-11(9-21-18)7-12(22-14(16)10-24)8-15(25)23-17(19(26)28-2)13-5-3-4-6-20-13/h3-7,17,24H,8-10H2,1-2H3,(H,23,25)/t17-/m1/s1. The van der Waals surface area contributed by atoms with E-state index in [0.717, 1.165) is 5.56 Å². The Kier molecular flexibility index (Phi) is 5.95. The average Bonchev–Trinajstić information content (AvgIpc) is 3.14. The highest BCUT2D eigenvalue weighted by atomic mass is 16.5. The molecule has 1 amide bonds. The van der Waals surface area contributed by atoms with Crippen LogP contribution in [0.1, 0.15) is 34.3 Å². The normalized spacial score (nSPS) is 13.3. The van der Waals surface area contributed by atoms with Crippen LogP contribution in [-0.4, -0.2) is 47.1 Å². The average molecular weight is 384 g/mol. The number of amides is 1. The van der Waals surface area contributed by atoms with Crippen molar-refractivity contribution in [3.8, 4) is 0 Å². The molecule has 0 unspecified atom stereocenters. The summed E-state index contributed by atoms with van der Waals surface area (Å²) < 4.78 is 9.97. The lowest BCUT2D eigenvalue weighted by molar-refractivity contribution is -0.145. The number of aliphatic hydroxyl groups is 1. The van der Waals surface area contributed by atoms with E-state index in [1.54, 1.807) is 24.3 Å². The second-order valence-corrected chi connectivity index (χ2v) is 6.03. The lowest BCUT2D eigenvalue weighted by atomic mass is 10.1. The van der Waals surface area contributed by atoms with Gasteiger partial charge in [0.25, 0.3) is 0 Å². The number of methoxy groups -OCH3 is 2. The summed E-state index contributed by atoms with van der Waals surface area (Å²) in [4.78, 5) is 37.3. The topological polar surface area (TPSA) is 123 Å². The van der Waals surface area contributed by atoms with Crippen molar-refractivity contribution in [2.24, 2.45) is 4.99 Å². The van der Waals surface area contributed by atoms with Crippen LogP contribution in [0.3, 0.4) is 0 Å². The van der Waals surface area contributed by atoms with Gasteiger partial charge in [0, 0.05) is 6.20 Å². The number of carbonyl (C=O) groups is 2. The zero-order valence-corrected chi connectivity index (χ0v) is 15.5. The lowest BCUT2D eigenvalue weighted by Crippen LogP contribution is -2.36. The summed E-state index contributed by atoms with van der Waals surface area (Å²) in [6.07, 6.45) is 1.45. The number of carbonyl (C=O) groups excluding carboxylic acids is 2. The van der Waals surface area contributed by atoms with Gasteiger partial charge in [-0.05, 0) is 23.8 Å². The Labute approximate surface area is 161 Å². The molecule has 9 heteroatoms. The molecule has 3 rings (SSSR count). The van der Waals surface area contributed by atoms with Crippen molar-refractivity contribution in [3.05, 3.63) is 58.7 Å². The molecule has 1 atom stereocenters. The predicted octanol–water partition coefficient (Wildman–Crippen LogP) is 0.448. The number of hydrogen-bond donors (Lipinski definition) is 2. The van der Waals surface area contributed by atoms with Crippen LogP contribution in [0.15, 0.2) is 35.5 Å². The van der Waals surface area contributed by atoms with E-state index >= 15 is 0 Å². The minimum absolute atomic E-state index is 0.0804. The van der Waals surface area contributed by atoms with Crippen LogP contribution in [0.4, 0.5) is 0 Å². The van der Waals surface area contributed by atoms with E-state index in [9.17, 15) is 14.7 Å². The van der Waals surface area contributed by atoms with Crippen molar-refractivity contribution in [1.29, 1.82) is 0 Å². The van der Waals surface area contributed by atoms with Gasteiger partial charge in [-0.1, -0.05) is 6.07 Å². The van der Waals surface area contributed by atoms with Crippen molar-refractivity contribution in [3.63, 3.8) is 0 Å². The zero-order chi connectivity index (χ0) is 20.1. The molecule has 2 N–H and O–H groups in total. The van der Waals surface area contributed by atoms with Gasteiger partial charge in [0.2, 0.25) is 11.8 Å². The molecule has 0 aliphatic carbocycles. The van der Waals surface area contributed by atoms with Gasteiger partial charge in [-0.3, -0.25) is 14.8 Å². The van der Waals surface area contributed by atoms with Crippen molar-refractivity contribution >= 4 is 17.8 Å². The van der Waals surface area contributed by atoms with Gasteiger partial charge in [0.1, 0.15) is 0 Å². The third-order valence-electron chi connectivity index (χ3n) is 4.25. The molecule has 2 aromatic heterocycles. The number of aromatic nitrogens is 2. The zero-order valence-electron chi connectivity index (χ0n) is 15.5. The van der Waals surface area contributed by atoms with E-state index in [-0.39, 0.29) is 13.0 Å². The van der Waals surface area contributed by atoms with Gasteiger partial charge in [0.05, 0.1) is 56.4 Å². The molecule has 0 fully saturated rings. The van der Waals surface area contributed by atoms with Crippen LogP contribution in [0.2, 0.25) is 0 Å². The Morgan fingerprint density at radius 1 is 1.32 bits per heavy atom. The van der Waals surface area contributed by atoms with Crippen molar-refractivity contribution < 1.29 is 24.2 Å². The monoisotopic (exact) mass is 384 g/mol. The van der Waals surface area contributed by atoms with Gasteiger partial charge in [-0.2, -0.15) is 0 Å². The van der Waals surface area contributed by atoms with Crippen molar-refractivity contribution in [2.45, 2.75) is 25.6 Å². The lowest BCUT2D eigenvalue weighted by Gasteiger charge is -2.16. The van der Waals surface area contributed by atoms with Crippen LogP contribution in [0.25, 0.3) is 0 Å². The highest BCUT2D eigenvalue weighted by Gasteiger charge is 2.26. The minimum Gasteiger partial charge on any atom is -0.481 e. The van der Waals surface area contributed by atoms with E-state index < -0.39 is 17.9 Å². The van der Waals surface area contributed by atoms with Gasteiger partial charge >= 0.3 is 5.97 Å². The van der Waals surface area contributed by atoms with Crippen LogP contribution in [0, 0.1) is 0 Å². The number of pyridine rings is 2. The Balaban J connectivity index is 1.78. The third kappa shape index (κ3) is 3.99. The molecule has 3 heterocycles. The molecule has 0 spiro atoms. The quantitative estimate of drug-likeness (QED) is 0.693. The molecule has 0 radical (unpaired) electrons. The molecule has 0 bridgehead atoms. The first-order chi connectivity index (χ1) is 13.6. The van der Waals surface area contributed by atoms with E-state index in [2.05, 4.69) is 20.3 Å². The maximum atomic E-state index is 12.5. The highest BCUT2D eigenvalue weighted by Crippen LogP contribution is 2.24. The van der Waals surface area contributed by atoms with Gasteiger partial charge < -0.3 is 19.9 Å². The van der Waals surface area contributed by atoms with Crippen LogP contribution in [0.5, 0.6) is 0 Å². The summed E-state index contributed by atoms with van der Waals surface area (Å²) in [7, 11) is 2.74. The Bertz CT molecular complexity index is 914. The van der Waals surface area contributed by atoms with Crippen molar-refractivity contribution in [2.75, 3.05) is 14.2 Å². The fraction of sp³-hybridized carbons (Fsp3) is 0.316. The maximum Gasteiger partial charge on any atom is 0.334 e. The molecule has 146 valence electrons. The van der Waals surface area contributed by atoms with E-state index in [1.165, 1.54) is 20.4 Å². The number of nitrogens with zero attached hydrogens (tertiary/aromatic N) is 3.